The van der Waals surface area contributed by atoms with Crippen molar-refractivity contribution >= 4 is 22.6 Å². The van der Waals surface area contributed by atoms with Gasteiger partial charge in [-0.05, 0) is 37.1 Å². The van der Waals surface area contributed by atoms with Gasteiger partial charge in [0.15, 0.2) is 5.60 Å². The molecule has 2 aromatic carbocycles. The number of pyridine rings is 1. The number of amides is 1. The predicted octanol–water partition coefficient (Wildman–Crippen LogP) is 4.95. The van der Waals surface area contributed by atoms with Crippen LogP contribution >= 0.6 is 0 Å². The molecule has 182 valence electrons. The largest absolute Gasteiger partial charge is 0.375 e. The Hall–Kier alpha value is -4.30. The molecule has 0 spiro atoms. The topological polar surface area (TPSA) is 85.0 Å². The lowest BCUT2D eigenvalue weighted by molar-refractivity contribution is 0.102. The van der Waals surface area contributed by atoms with E-state index in [4.69, 9.17) is 0 Å². The number of nitrogens with one attached hydrogen (secondary N) is 1. The van der Waals surface area contributed by atoms with Gasteiger partial charge in [-0.3, -0.25) is 9.48 Å². The number of anilines is 1. The number of aromatic nitrogens is 4. The Bertz CT molecular complexity index is 1490. The van der Waals surface area contributed by atoms with Crippen molar-refractivity contribution in [3.05, 3.63) is 114 Å². The fraction of sp³-hybridized carbons (Fsp3) is 0.179. The Labute approximate surface area is 207 Å². The first-order valence-corrected chi connectivity index (χ1v) is 11.8. The number of carbonyl (C=O) groups is 1. The van der Waals surface area contributed by atoms with Crippen LogP contribution in [0, 0.1) is 5.95 Å². The lowest BCUT2D eigenvalue weighted by Crippen LogP contribution is -2.31. The molecule has 0 aliphatic carbocycles. The highest BCUT2D eigenvalue weighted by molar-refractivity contribution is 6.05. The third-order valence-corrected chi connectivity index (χ3v) is 6.37. The summed E-state index contributed by atoms with van der Waals surface area (Å²) in [5.74, 6) is -1.50. The summed E-state index contributed by atoms with van der Waals surface area (Å²) in [4.78, 5) is 17.0. The van der Waals surface area contributed by atoms with Gasteiger partial charge in [0.2, 0.25) is 5.95 Å². The molecule has 0 saturated heterocycles. The fourth-order valence-corrected chi connectivity index (χ4v) is 4.57. The van der Waals surface area contributed by atoms with Crippen LogP contribution in [-0.2, 0) is 18.7 Å². The maximum atomic E-state index is 15.1. The maximum Gasteiger partial charge on any atom is 0.260 e. The first-order chi connectivity index (χ1) is 17.5. The quantitative estimate of drug-likeness (QED) is 0.321. The highest BCUT2D eigenvalue weighted by atomic mass is 19.1. The molecule has 0 atom stereocenters. The van der Waals surface area contributed by atoms with Crippen LogP contribution in [0.25, 0.3) is 11.0 Å². The maximum absolute atomic E-state index is 15.1. The van der Waals surface area contributed by atoms with Crippen LogP contribution in [-0.4, -0.2) is 30.3 Å². The van der Waals surface area contributed by atoms with E-state index in [0.29, 0.717) is 46.6 Å². The van der Waals surface area contributed by atoms with Crippen LogP contribution in [0.5, 0.6) is 0 Å². The van der Waals surface area contributed by atoms with Crippen molar-refractivity contribution in [1.29, 1.82) is 0 Å². The Morgan fingerprint density at radius 1 is 1.00 bits per heavy atom. The van der Waals surface area contributed by atoms with E-state index < -0.39 is 17.5 Å². The molecular weight excluding hydrogens is 457 g/mol. The first-order valence-electron chi connectivity index (χ1n) is 11.8. The van der Waals surface area contributed by atoms with Gasteiger partial charge < -0.3 is 15.0 Å². The molecular formula is C28H26FN5O2. The third-order valence-electron chi connectivity index (χ3n) is 6.37. The van der Waals surface area contributed by atoms with Crippen molar-refractivity contribution in [2.45, 2.75) is 32.5 Å². The molecule has 0 aliphatic rings. The zero-order valence-electron chi connectivity index (χ0n) is 20.0. The smallest absolute Gasteiger partial charge is 0.260 e. The number of aliphatic hydroxyl groups is 1. The number of aryl methyl sites for hydroxylation is 2. The minimum Gasteiger partial charge on any atom is -0.375 e. The Morgan fingerprint density at radius 2 is 1.64 bits per heavy atom. The molecule has 2 N–H and O–H groups in total. The number of halogens is 1. The molecule has 0 radical (unpaired) electrons. The number of benzene rings is 2. The van der Waals surface area contributed by atoms with Gasteiger partial charge in [-0.1, -0.05) is 60.7 Å². The summed E-state index contributed by atoms with van der Waals surface area (Å²) >= 11 is 0. The van der Waals surface area contributed by atoms with Gasteiger partial charge in [-0.25, -0.2) is 4.98 Å². The molecule has 3 heterocycles. The fourth-order valence-electron chi connectivity index (χ4n) is 4.57. The number of fused-ring (bicyclic) bond motifs is 1. The predicted molar refractivity (Wildman–Crippen MR) is 136 cm³/mol. The molecule has 0 fully saturated rings. The molecule has 5 rings (SSSR count). The van der Waals surface area contributed by atoms with E-state index in [1.54, 1.807) is 16.9 Å². The van der Waals surface area contributed by atoms with Gasteiger partial charge in [-0.15, -0.1) is 0 Å². The summed E-state index contributed by atoms with van der Waals surface area (Å²) < 4.78 is 18.6. The lowest BCUT2D eigenvalue weighted by atomic mass is 9.83. The molecule has 8 heteroatoms. The van der Waals surface area contributed by atoms with Gasteiger partial charge in [0.25, 0.3) is 5.91 Å². The van der Waals surface area contributed by atoms with Gasteiger partial charge in [0.05, 0.1) is 34.2 Å². The van der Waals surface area contributed by atoms with E-state index in [9.17, 15) is 9.90 Å². The summed E-state index contributed by atoms with van der Waals surface area (Å²) in [6.07, 6.45) is 3.19. The molecule has 0 bridgehead atoms. The van der Waals surface area contributed by atoms with Crippen molar-refractivity contribution in [1.82, 2.24) is 19.3 Å². The standard InChI is InChI=1S/C28H26FN5O2/c1-3-33-18-21(17-30-33)31-27(35)22-15-24-23(32-26(22)29)16-25(34(24)4-2)28(36,19-11-7-5-8-12-19)20-13-9-6-10-14-20/h5-18,36H,3-4H2,1-2H3,(H,31,35). The van der Waals surface area contributed by atoms with E-state index in [0.717, 1.165) is 0 Å². The van der Waals surface area contributed by atoms with Crippen LogP contribution < -0.4 is 5.32 Å². The number of hydrogen-bond donors (Lipinski definition) is 2. The second-order valence-electron chi connectivity index (χ2n) is 8.49. The molecule has 0 unspecified atom stereocenters. The van der Waals surface area contributed by atoms with Gasteiger partial charge in [0.1, 0.15) is 0 Å². The summed E-state index contributed by atoms with van der Waals surface area (Å²) in [5, 5.41) is 19.1. The number of carbonyl (C=O) groups excluding carboxylic acids is 1. The SMILES string of the molecule is CCn1cc(NC(=O)c2cc3c(cc(C(O)(c4ccccc4)c4ccccc4)n3CC)nc2F)cn1. The zero-order chi connectivity index (χ0) is 25.3. The Balaban J connectivity index is 1.65. The van der Waals surface area contributed by atoms with Crippen LogP contribution in [0.3, 0.4) is 0 Å². The molecule has 0 saturated carbocycles. The van der Waals surface area contributed by atoms with Crippen molar-refractivity contribution in [2.75, 3.05) is 5.32 Å². The van der Waals surface area contributed by atoms with E-state index in [2.05, 4.69) is 15.4 Å². The number of hydrogen-bond acceptors (Lipinski definition) is 4. The second kappa shape index (κ2) is 9.39. The van der Waals surface area contributed by atoms with Crippen LogP contribution in [0.1, 0.15) is 41.0 Å². The molecule has 36 heavy (non-hydrogen) atoms. The summed E-state index contributed by atoms with van der Waals surface area (Å²) in [5.41, 5.74) is 1.53. The van der Waals surface area contributed by atoms with E-state index in [-0.39, 0.29) is 5.56 Å². The van der Waals surface area contributed by atoms with Crippen LogP contribution in [0.4, 0.5) is 10.1 Å². The van der Waals surface area contributed by atoms with Crippen molar-refractivity contribution < 1.29 is 14.3 Å². The molecule has 0 aliphatic heterocycles. The van der Waals surface area contributed by atoms with E-state index in [1.807, 2.05) is 79.1 Å². The van der Waals surface area contributed by atoms with Gasteiger partial charge in [0, 0.05) is 19.3 Å². The number of nitrogens with zero attached hydrogens (tertiary/aromatic N) is 4. The monoisotopic (exact) mass is 483 g/mol. The zero-order valence-corrected chi connectivity index (χ0v) is 20.0. The average molecular weight is 484 g/mol. The second-order valence-corrected chi connectivity index (χ2v) is 8.49. The van der Waals surface area contributed by atoms with Gasteiger partial charge >= 0.3 is 0 Å². The molecule has 3 aromatic heterocycles. The van der Waals surface area contributed by atoms with E-state index in [1.165, 1.54) is 12.3 Å². The van der Waals surface area contributed by atoms with Crippen LogP contribution in [0.2, 0.25) is 0 Å². The molecule has 7 nitrogen and oxygen atoms in total. The third kappa shape index (κ3) is 3.95. The van der Waals surface area contributed by atoms with Crippen molar-refractivity contribution in [3.63, 3.8) is 0 Å². The summed E-state index contributed by atoms with van der Waals surface area (Å²) in [7, 11) is 0. The normalized spacial score (nSPS) is 11.7. The lowest BCUT2D eigenvalue weighted by Gasteiger charge is -2.31. The average Bonchev–Trinajstić information content (AvgIpc) is 3.52. The minimum atomic E-state index is -1.52. The van der Waals surface area contributed by atoms with Crippen LogP contribution in [0.15, 0.2) is 85.2 Å². The first kappa shape index (κ1) is 23.4. The Morgan fingerprint density at radius 3 is 2.19 bits per heavy atom. The molecule has 1 amide bonds. The van der Waals surface area contributed by atoms with Gasteiger partial charge in [-0.2, -0.15) is 9.49 Å². The molecule has 5 aromatic rings. The Kier molecular flexibility index (Phi) is 6.12. The summed E-state index contributed by atoms with van der Waals surface area (Å²) in [6.45, 7) is 4.98. The van der Waals surface area contributed by atoms with Crippen molar-refractivity contribution in [3.8, 4) is 0 Å². The van der Waals surface area contributed by atoms with E-state index >= 15 is 4.39 Å². The highest BCUT2D eigenvalue weighted by Gasteiger charge is 2.37. The summed E-state index contributed by atoms with van der Waals surface area (Å²) in [6, 6.07) is 21.8. The van der Waals surface area contributed by atoms with Crippen molar-refractivity contribution in [2.24, 2.45) is 0 Å². The highest BCUT2D eigenvalue weighted by Crippen LogP contribution is 2.39. The number of rotatable bonds is 7. The minimum absolute atomic E-state index is 0.186.